The fourth-order valence-electron chi connectivity index (χ4n) is 1.75. The maximum atomic E-state index is 11.1. The number of rotatable bonds is 1. The molecular formula is C8H12N2O2. The highest BCUT2D eigenvalue weighted by Crippen LogP contribution is 2.44. The van der Waals surface area contributed by atoms with Crippen molar-refractivity contribution >= 4 is 5.97 Å². The van der Waals surface area contributed by atoms with E-state index in [1.807, 2.05) is 0 Å². The maximum absolute atomic E-state index is 11.1. The Kier molecular flexibility index (Phi) is 1.63. The Labute approximate surface area is 71.0 Å². The first kappa shape index (κ1) is 7.71. The Morgan fingerprint density at radius 2 is 2.00 bits per heavy atom. The van der Waals surface area contributed by atoms with Gasteiger partial charge < -0.3 is 4.74 Å². The summed E-state index contributed by atoms with van der Waals surface area (Å²) >= 11 is 0. The summed E-state index contributed by atoms with van der Waals surface area (Å²) in [5, 5.41) is 7.97. The normalized spacial score (nSPS) is 25.8. The minimum Gasteiger partial charge on any atom is -0.469 e. The summed E-state index contributed by atoms with van der Waals surface area (Å²) in [6.45, 7) is 0. The van der Waals surface area contributed by atoms with Crippen LogP contribution in [-0.2, 0) is 9.53 Å². The van der Waals surface area contributed by atoms with Gasteiger partial charge in [-0.3, -0.25) is 4.79 Å². The summed E-state index contributed by atoms with van der Waals surface area (Å²) in [7, 11) is 1.44. The number of hydrogen-bond acceptors (Lipinski definition) is 4. The fraction of sp³-hybridized carbons (Fsp3) is 0.875. The molecule has 1 heterocycles. The zero-order valence-corrected chi connectivity index (χ0v) is 7.12. The molecular weight excluding hydrogens is 156 g/mol. The molecule has 0 radical (unpaired) electrons. The van der Waals surface area contributed by atoms with Gasteiger partial charge in [0.25, 0.3) is 0 Å². The molecule has 0 N–H and O–H groups in total. The van der Waals surface area contributed by atoms with Crippen molar-refractivity contribution in [2.75, 3.05) is 7.11 Å². The Hall–Kier alpha value is -0.930. The monoisotopic (exact) mass is 168 g/mol. The third-order valence-electron chi connectivity index (χ3n) is 2.70. The number of hydrogen-bond donors (Lipinski definition) is 0. The van der Waals surface area contributed by atoms with E-state index in [-0.39, 0.29) is 17.6 Å². The van der Waals surface area contributed by atoms with Crippen LogP contribution in [0.3, 0.4) is 0 Å². The summed E-state index contributed by atoms with van der Waals surface area (Å²) in [5.74, 6) is 0.0112. The second-order valence-corrected chi connectivity index (χ2v) is 3.48. The quantitative estimate of drug-likeness (QED) is 0.557. The molecule has 4 nitrogen and oxygen atoms in total. The van der Waals surface area contributed by atoms with Gasteiger partial charge in [0.15, 0.2) is 5.66 Å². The molecule has 0 aromatic carbocycles. The Bertz CT molecular complexity index is 221. The van der Waals surface area contributed by atoms with E-state index in [0.717, 1.165) is 25.7 Å². The van der Waals surface area contributed by atoms with Crippen LogP contribution in [0.15, 0.2) is 10.2 Å². The van der Waals surface area contributed by atoms with Crippen LogP contribution in [0.4, 0.5) is 0 Å². The summed E-state index contributed by atoms with van der Waals surface area (Å²) < 4.78 is 4.68. The van der Waals surface area contributed by atoms with Crippen molar-refractivity contribution in [1.29, 1.82) is 0 Å². The lowest BCUT2D eigenvalue weighted by atomic mass is 9.84. The van der Waals surface area contributed by atoms with Gasteiger partial charge in [-0.25, -0.2) is 0 Å². The molecule has 0 aromatic rings. The molecule has 1 aliphatic heterocycles. The Morgan fingerprint density at radius 3 is 2.42 bits per heavy atom. The van der Waals surface area contributed by atoms with Crippen molar-refractivity contribution < 1.29 is 9.53 Å². The van der Waals surface area contributed by atoms with Gasteiger partial charge >= 0.3 is 5.97 Å². The van der Waals surface area contributed by atoms with Gasteiger partial charge in [-0.15, -0.1) is 0 Å². The molecule has 0 bridgehead atoms. The standard InChI is InChI=1S/C8H12N2O2/c1-12-7(11)6-2-4-8(5-3-6)9-10-8/h6H,2-5H2,1H3. The van der Waals surface area contributed by atoms with Crippen molar-refractivity contribution in [3.05, 3.63) is 0 Å². The number of carbonyl (C=O) groups is 1. The van der Waals surface area contributed by atoms with Crippen molar-refractivity contribution in [2.24, 2.45) is 16.1 Å². The fourth-order valence-corrected chi connectivity index (χ4v) is 1.75. The zero-order valence-electron chi connectivity index (χ0n) is 7.12. The van der Waals surface area contributed by atoms with E-state index in [1.54, 1.807) is 0 Å². The van der Waals surface area contributed by atoms with Gasteiger partial charge in [0, 0.05) is 0 Å². The van der Waals surface area contributed by atoms with Gasteiger partial charge in [0.1, 0.15) is 0 Å². The molecule has 0 saturated heterocycles. The zero-order chi connectivity index (χ0) is 8.60. The number of nitrogens with zero attached hydrogens (tertiary/aromatic N) is 2. The van der Waals surface area contributed by atoms with Crippen LogP contribution in [0, 0.1) is 5.92 Å². The summed E-state index contributed by atoms with van der Waals surface area (Å²) in [5.41, 5.74) is -0.0650. The lowest BCUT2D eigenvalue weighted by Gasteiger charge is -2.22. The first-order chi connectivity index (χ1) is 5.76. The molecule has 12 heavy (non-hydrogen) atoms. The second-order valence-electron chi connectivity index (χ2n) is 3.48. The topological polar surface area (TPSA) is 51.0 Å². The number of esters is 1. The average molecular weight is 168 g/mol. The van der Waals surface area contributed by atoms with Gasteiger partial charge in [-0.2, -0.15) is 10.2 Å². The maximum Gasteiger partial charge on any atom is 0.308 e. The summed E-state index contributed by atoms with van der Waals surface area (Å²) in [6, 6.07) is 0. The van der Waals surface area contributed by atoms with E-state index < -0.39 is 0 Å². The third-order valence-corrected chi connectivity index (χ3v) is 2.70. The van der Waals surface area contributed by atoms with Gasteiger partial charge in [-0.1, -0.05) is 0 Å². The average Bonchev–Trinajstić information content (AvgIpc) is 2.85. The molecule has 0 atom stereocenters. The van der Waals surface area contributed by atoms with Crippen LogP contribution >= 0.6 is 0 Å². The van der Waals surface area contributed by atoms with E-state index in [1.165, 1.54) is 7.11 Å². The summed E-state index contributed by atoms with van der Waals surface area (Å²) in [6.07, 6.45) is 3.60. The van der Waals surface area contributed by atoms with Crippen LogP contribution in [0.25, 0.3) is 0 Å². The van der Waals surface area contributed by atoms with Gasteiger partial charge in [0.05, 0.1) is 13.0 Å². The van der Waals surface area contributed by atoms with Crippen LogP contribution in [0.5, 0.6) is 0 Å². The van der Waals surface area contributed by atoms with Crippen LogP contribution in [-0.4, -0.2) is 18.7 Å². The third kappa shape index (κ3) is 1.21. The molecule has 1 spiro atoms. The number of ether oxygens (including phenoxy) is 1. The van der Waals surface area contributed by atoms with Gasteiger partial charge in [-0.05, 0) is 25.7 Å². The lowest BCUT2D eigenvalue weighted by molar-refractivity contribution is -0.146. The first-order valence-corrected chi connectivity index (χ1v) is 4.28. The Morgan fingerprint density at radius 1 is 1.42 bits per heavy atom. The second kappa shape index (κ2) is 2.54. The molecule has 1 aliphatic carbocycles. The molecule has 2 rings (SSSR count). The molecule has 1 fully saturated rings. The molecule has 4 heteroatoms. The smallest absolute Gasteiger partial charge is 0.308 e. The number of methoxy groups -OCH3 is 1. The minimum absolute atomic E-state index is 0.0650. The summed E-state index contributed by atoms with van der Waals surface area (Å²) in [4.78, 5) is 11.1. The molecule has 0 unspecified atom stereocenters. The minimum atomic E-state index is -0.0782. The predicted molar refractivity (Wildman–Crippen MR) is 41.6 cm³/mol. The van der Waals surface area contributed by atoms with Crippen molar-refractivity contribution in [2.45, 2.75) is 31.3 Å². The van der Waals surface area contributed by atoms with E-state index in [0.29, 0.717) is 0 Å². The molecule has 0 aromatic heterocycles. The van der Waals surface area contributed by atoms with E-state index in [9.17, 15) is 4.79 Å². The predicted octanol–water partition coefficient (Wildman–Crippen LogP) is 1.51. The molecule has 0 amide bonds. The van der Waals surface area contributed by atoms with Crippen LogP contribution < -0.4 is 0 Å². The SMILES string of the molecule is COC(=O)C1CCC2(CC1)N=N2. The van der Waals surface area contributed by atoms with Crippen LogP contribution in [0.2, 0.25) is 0 Å². The Balaban J connectivity index is 1.86. The van der Waals surface area contributed by atoms with Crippen molar-refractivity contribution in [1.82, 2.24) is 0 Å². The van der Waals surface area contributed by atoms with Gasteiger partial charge in [0.2, 0.25) is 0 Å². The largest absolute Gasteiger partial charge is 0.469 e. The van der Waals surface area contributed by atoms with Crippen molar-refractivity contribution in [3.63, 3.8) is 0 Å². The molecule has 1 saturated carbocycles. The number of carbonyl (C=O) groups excluding carboxylic acids is 1. The molecule has 66 valence electrons. The molecule has 2 aliphatic rings. The highest BCUT2D eigenvalue weighted by atomic mass is 16.5. The van der Waals surface area contributed by atoms with Crippen LogP contribution in [0.1, 0.15) is 25.7 Å². The van der Waals surface area contributed by atoms with Crippen molar-refractivity contribution in [3.8, 4) is 0 Å². The van der Waals surface area contributed by atoms with E-state index in [4.69, 9.17) is 0 Å². The lowest BCUT2D eigenvalue weighted by Crippen LogP contribution is -2.26. The van der Waals surface area contributed by atoms with E-state index in [2.05, 4.69) is 15.0 Å². The highest BCUT2D eigenvalue weighted by molar-refractivity contribution is 5.72. The van der Waals surface area contributed by atoms with E-state index >= 15 is 0 Å². The highest BCUT2D eigenvalue weighted by Gasteiger charge is 2.44. The first-order valence-electron chi connectivity index (χ1n) is 4.28.